The molecule has 0 heterocycles. The first-order chi connectivity index (χ1) is 8.76. The normalized spacial score (nSPS) is 12.6. The number of halogens is 1. The number of carbonyl (C=O) groups is 1. The third-order valence-corrected chi connectivity index (χ3v) is 3.17. The number of aryl methyl sites for hydroxylation is 1. The summed E-state index contributed by atoms with van der Waals surface area (Å²) in [6.45, 7) is 0. The van der Waals surface area contributed by atoms with E-state index in [2.05, 4.69) is 34.1 Å². The Balaban J connectivity index is 2.50. The van der Waals surface area contributed by atoms with Crippen LogP contribution in [0.15, 0.2) is 42.5 Å². The van der Waals surface area contributed by atoms with Crippen molar-refractivity contribution in [1.29, 1.82) is 0 Å². The van der Waals surface area contributed by atoms with E-state index < -0.39 is 0 Å². The molecule has 2 nitrogen and oxygen atoms in total. The van der Waals surface area contributed by atoms with Gasteiger partial charge in [0, 0.05) is 5.33 Å². The summed E-state index contributed by atoms with van der Waals surface area (Å²) in [5.41, 5.74) is 1.31. The molecule has 1 aromatic rings. The van der Waals surface area contributed by atoms with Crippen LogP contribution in [0.3, 0.4) is 0 Å². The first kappa shape index (κ1) is 15.0. The first-order valence-electron chi connectivity index (χ1n) is 6.09. The van der Waals surface area contributed by atoms with Gasteiger partial charge >= 0.3 is 5.97 Å². The molecule has 3 heteroatoms. The number of hydrogen-bond donors (Lipinski definition) is 0. The Morgan fingerprint density at radius 1 is 1.39 bits per heavy atom. The van der Waals surface area contributed by atoms with Crippen LogP contribution in [0.25, 0.3) is 0 Å². The highest BCUT2D eigenvalue weighted by Gasteiger charge is 2.11. The summed E-state index contributed by atoms with van der Waals surface area (Å²) in [6, 6.07) is 10.3. The summed E-state index contributed by atoms with van der Waals surface area (Å²) in [7, 11) is 1.44. The zero-order valence-corrected chi connectivity index (χ0v) is 12.2. The zero-order valence-electron chi connectivity index (χ0n) is 10.6. The maximum Gasteiger partial charge on any atom is 0.306 e. The molecule has 0 N–H and O–H groups in total. The van der Waals surface area contributed by atoms with Gasteiger partial charge in [-0.2, -0.15) is 0 Å². The molecule has 1 rings (SSSR count). The molecule has 0 radical (unpaired) electrons. The number of rotatable bonds is 7. The third kappa shape index (κ3) is 6.01. The van der Waals surface area contributed by atoms with Crippen molar-refractivity contribution in [3.63, 3.8) is 0 Å². The number of carbonyl (C=O) groups excluding carboxylic acids is 1. The van der Waals surface area contributed by atoms with Gasteiger partial charge in [0.2, 0.25) is 0 Å². The monoisotopic (exact) mass is 310 g/mol. The van der Waals surface area contributed by atoms with Gasteiger partial charge in [-0.1, -0.05) is 58.4 Å². The fraction of sp³-hybridized carbons (Fsp3) is 0.400. The van der Waals surface area contributed by atoms with Gasteiger partial charge in [-0.15, -0.1) is 0 Å². The van der Waals surface area contributed by atoms with Crippen LogP contribution in [0.2, 0.25) is 0 Å². The number of benzene rings is 1. The molecule has 0 spiro atoms. The molecule has 0 aliphatic rings. The van der Waals surface area contributed by atoms with E-state index in [0.717, 1.165) is 18.2 Å². The van der Waals surface area contributed by atoms with Gasteiger partial charge in [-0.05, 0) is 24.3 Å². The Bertz CT molecular complexity index is 373. The van der Waals surface area contributed by atoms with Gasteiger partial charge in [0.05, 0.1) is 13.5 Å². The van der Waals surface area contributed by atoms with Gasteiger partial charge in [0.25, 0.3) is 0 Å². The number of alkyl halides is 1. The third-order valence-electron chi connectivity index (χ3n) is 2.80. The highest BCUT2D eigenvalue weighted by Crippen LogP contribution is 2.16. The zero-order chi connectivity index (χ0) is 13.2. The lowest BCUT2D eigenvalue weighted by Crippen LogP contribution is -2.09. The Morgan fingerprint density at radius 2 is 2.11 bits per heavy atom. The van der Waals surface area contributed by atoms with Crippen LogP contribution < -0.4 is 0 Å². The van der Waals surface area contributed by atoms with Crippen LogP contribution in [0.5, 0.6) is 0 Å². The van der Waals surface area contributed by atoms with Crippen molar-refractivity contribution < 1.29 is 9.53 Å². The van der Waals surface area contributed by atoms with Crippen molar-refractivity contribution in [2.45, 2.75) is 19.3 Å². The van der Waals surface area contributed by atoms with Crippen molar-refractivity contribution in [2.24, 2.45) is 5.92 Å². The maximum absolute atomic E-state index is 11.3. The van der Waals surface area contributed by atoms with E-state index in [1.807, 2.05) is 24.3 Å². The highest BCUT2D eigenvalue weighted by molar-refractivity contribution is 9.09. The lowest BCUT2D eigenvalue weighted by atomic mass is 9.96. The number of hydrogen-bond acceptors (Lipinski definition) is 2. The summed E-state index contributed by atoms with van der Waals surface area (Å²) in [6.07, 6.45) is 6.53. The van der Waals surface area contributed by atoms with Crippen LogP contribution >= 0.6 is 15.9 Å². The van der Waals surface area contributed by atoms with Crippen LogP contribution in [0, 0.1) is 5.92 Å². The minimum atomic E-state index is -0.146. The molecule has 18 heavy (non-hydrogen) atoms. The van der Waals surface area contributed by atoms with E-state index in [4.69, 9.17) is 4.74 Å². The average molecular weight is 311 g/mol. The van der Waals surface area contributed by atoms with E-state index in [1.165, 1.54) is 12.7 Å². The SMILES string of the molecule is COC(=O)C[C@@H](/C=C/CBr)CCc1ccccc1. The lowest BCUT2D eigenvalue weighted by molar-refractivity contribution is -0.141. The van der Waals surface area contributed by atoms with E-state index in [1.54, 1.807) is 0 Å². The van der Waals surface area contributed by atoms with Gasteiger partial charge in [-0.25, -0.2) is 0 Å². The topological polar surface area (TPSA) is 26.3 Å². The molecule has 0 bridgehead atoms. The quantitative estimate of drug-likeness (QED) is 0.435. The first-order valence-corrected chi connectivity index (χ1v) is 7.21. The summed E-state index contributed by atoms with van der Waals surface area (Å²) < 4.78 is 4.73. The molecule has 98 valence electrons. The highest BCUT2D eigenvalue weighted by atomic mass is 79.9. The Morgan fingerprint density at radius 3 is 2.72 bits per heavy atom. The number of ether oxygens (including phenoxy) is 1. The molecule has 0 saturated carbocycles. The second-order valence-electron chi connectivity index (χ2n) is 4.15. The molecular formula is C15H19BrO2. The molecule has 1 aromatic carbocycles. The predicted molar refractivity (Wildman–Crippen MR) is 77.8 cm³/mol. The van der Waals surface area contributed by atoms with Gasteiger partial charge in [0.1, 0.15) is 0 Å². The van der Waals surface area contributed by atoms with Crippen LogP contribution in [0.1, 0.15) is 18.4 Å². The van der Waals surface area contributed by atoms with Gasteiger partial charge < -0.3 is 4.74 Å². The molecule has 0 aliphatic heterocycles. The van der Waals surface area contributed by atoms with Crippen molar-refractivity contribution in [2.75, 3.05) is 12.4 Å². The molecule has 0 amide bonds. The molecule has 0 unspecified atom stereocenters. The maximum atomic E-state index is 11.3. The molecule has 0 saturated heterocycles. The minimum Gasteiger partial charge on any atom is -0.469 e. The van der Waals surface area contributed by atoms with Crippen molar-refractivity contribution in [3.05, 3.63) is 48.0 Å². The van der Waals surface area contributed by atoms with E-state index in [0.29, 0.717) is 6.42 Å². The summed E-state index contributed by atoms with van der Waals surface area (Å²) in [5, 5.41) is 0.815. The number of esters is 1. The molecular weight excluding hydrogens is 292 g/mol. The molecule has 1 atom stereocenters. The summed E-state index contributed by atoms with van der Waals surface area (Å²) in [4.78, 5) is 11.3. The second-order valence-corrected chi connectivity index (χ2v) is 4.79. The minimum absolute atomic E-state index is 0.146. The average Bonchev–Trinajstić information content (AvgIpc) is 2.42. The van der Waals surface area contributed by atoms with Crippen LogP contribution in [-0.2, 0) is 16.0 Å². The van der Waals surface area contributed by atoms with Crippen LogP contribution in [0.4, 0.5) is 0 Å². The van der Waals surface area contributed by atoms with E-state index in [-0.39, 0.29) is 11.9 Å². The van der Waals surface area contributed by atoms with E-state index >= 15 is 0 Å². The Hall–Kier alpha value is -1.09. The number of allylic oxidation sites excluding steroid dienone is 2. The molecule has 0 fully saturated rings. The lowest BCUT2D eigenvalue weighted by Gasteiger charge is -2.11. The van der Waals surface area contributed by atoms with Crippen LogP contribution in [-0.4, -0.2) is 18.4 Å². The summed E-state index contributed by atoms with van der Waals surface area (Å²) >= 11 is 3.35. The van der Waals surface area contributed by atoms with Gasteiger partial charge in [0.15, 0.2) is 0 Å². The summed E-state index contributed by atoms with van der Waals surface area (Å²) in [5.74, 6) is 0.0995. The second kappa shape index (κ2) is 8.92. The Labute approximate surface area is 117 Å². The predicted octanol–water partition coefficient (Wildman–Crippen LogP) is 3.75. The number of methoxy groups -OCH3 is 1. The molecule has 0 aromatic heterocycles. The Kier molecular flexibility index (Phi) is 7.42. The van der Waals surface area contributed by atoms with Gasteiger partial charge in [-0.3, -0.25) is 4.79 Å². The van der Waals surface area contributed by atoms with Crippen molar-refractivity contribution >= 4 is 21.9 Å². The standard InChI is InChI=1S/C15H19BrO2/c1-18-15(17)12-14(8-5-11-16)10-9-13-6-3-2-4-7-13/h2-8,14H,9-12H2,1H3/b8-5+/t14-/m0/s1. The molecule has 0 aliphatic carbocycles. The van der Waals surface area contributed by atoms with Crippen molar-refractivity contribution in [3.8, 4) is 0 Å². The van der Waals surface area contributed by atoms with E-state index in [9.17, 15) is 4.79 Å². The van der Waals surface area contributed by atoms with Crippen molar-refractivity contribution in [1.82, 2.24) is 0 Å². The fourth-order valence-electron chi connectivity index (χ4n) is 1.80. The largest absolute Gasteiger partial charge is 0.469 e. The smallest absolute Gasteiger partial charge is 0.306 e. The fourth-order valence-corrected chi connectivity index (χ4v) is 2.02.